The zero-order valence-corrected chi connectivity index (χ0v) is 8.54. The lowest BCUT2D eigenvalue weighted by Crippen LogP contribution is -1.81. The summed E-state index contributed by atoms with van der Waals surface area (Å²) in [6.07, 6.45) is 1.17. The van der Waals surface area contributed by atoms with Crippen molar-refractivity contribution in [1.82, 2.24) is 4.98 Å². The molecular weight excluding hydrogens is 213 g/mol. The number of rotatable bonds is 2. The molecule has 0 aliphatic carbocycles. The molecule has 0 saturated carbocycles. The number of phenolic OH excluding ortho intramolecular Hbond substituents is 1. The molecule has 2 aromatic rings. The molecule has 0 unspecified atom stereocenters. The molecule has 4 heteroatoms. The summed E-state index contributed by atoms with van der Waals surface area (Å²) in [6, 6.07) is 9.80. The van der Waals surface area contributed by atoms with Crippen LogP contribution in [0.4, 0.5) is 4.39 Å². The van der Waals surface area contributed by atoms with Gasteiger partial charge in [0.05, 0.1) is 6.20 Å². The van der Waals surface area contributed by atoms with E-state index in [1.807, 2.05) is 6.07 Å². The number of aromatic hydroxyl groups is 1. The average Bonchev–Trinajstić information content (AvgIpc) is 2.22. The monoisotopic (exact) mass is 221 g/mol. The van der Waals surface area contributed by atoms with E-state index in [2.05, 4.69) is 4.98 Å². The lowest BCUT2D eigenvalue weighted by atomic mass is 10.3. The number of benzene rings is 1. The summed E-state index contributed by atoms with van der Waals surface area (Å²) in [5, 5.41) is 9.94. The van der Waals surface area contributed by atoms with E-state index in [0.29, 0.717) is 5.03 Å². The van der Waals surface area contributed by atoms with Crippen molar-refractivity contribution in [2.75, 3.05) is 0 Å². The first-order valence-corrected chi connectivity index (χ1v) is 5.14. The van der Waals surface area contributed by atoms with Crippen LogP contribution < -0.4 is 0 Å². The number of aromatic nitrogens is 1. The van der Waals surface area contributed by atoms with E-state index < -0.39 is 0 Å². The van der Waals surface area contributed by atoms with Crippen LogP contribution in [0.1, 0.15) is 0 Å². The van der Waals surface area contributed by atoms with Crippen LogP contribution in [0, 0.1) is 5.82 Å². The number of phenols is 1. The van der Waals surface area contributed by atoms with Crippen LogP contribution in [-0.4, -0.2) is 10.1 Å². The molecule has 1 aromatic carbocycles. The van der Waals surface area contributed by atoms with Crippen LogP contribution >= 0.6 is 11.8 Å². The van der Waals surface area contributed by atoms with Gasteiger partial charge in [-0.3, -0.25) is 0 Å². The number of hydrogen-bond donors (Lipinski definition) is 1. The third-order valence-electron chi connectivity index (χ3n) is 1.74. The van der Waals surface area contributed by atoms with Crippen molar-refractivity contribution in [1.29, 1.82) is 0 Å². The summed E-state index contributed by atoms with van der Waals surface area (Å²) in [4.78, 5) is 4.78. The Bertz CT molecular complexity index is 458. The van der Waals surface area contributed by atoms with Crippen molar-refractivity contribution in [2.45, 2.75) is 9.92 Å². The summed E-state index contributed by atoms with van der Waals surface area (Å²) in [5.41, 5.74) is 0. The van der Waals surface area contributed by atoms with Crippen molar-refractivity contribution in [3.63, 3.8) is 0 Å². The highest BCUT2D eigenvalue weighted by molar-refractivity contribution is 7.99. The summed E-state index contributed by atoms with van der Waals surface area (Å²) in [6.45, 7) is 0. The second kappa shape index (κ2) is 4.31. The highest BCUT2D eigenvalue weighted by atomic mass is 32.2. The molecule has 1 aromatic heterocycles. The Morgan fingerprint density at radius 3 is 2.73 bits per heavy atom. The fourth-order valence-electron chi connectivity index (χ4n) is 1.09. The molecule has 1 heterocycles. The Morgan fingerprint density at radius 2 is 2.07 bits per heavy atom. The molecule has 2 nitrogen and oxygen atoms in total. The molecule has 0 atom stereocenters. The molecule has 2 rings (SSSR count). The van der Waals surface area contributed by atoms with Crippen LogP contribution in [0.2, 0.25) is 0 Å². The molecular formula is C11H8FNOS. The van der Waals surface area contributed by atoms with Crippen molar-refractivity contribution < 1.29 is 9.50 Å². The molecule has 0 fully saturated rings. The largest absolute Gasteiger partial charge is 0.508 e. The van der Waals surface area contributed by atoms with E-state index in [1.165, 1.54) is 24.0 Å². The van der Waals surface area contributed by atoms with Gasteiger partial charge in [0.2, 0.25) is 0 Å². The van der Waals surface area contributed by atoms with E-state index in [0.717, 1.165) is 4.90 Å². The molecule has 0 saturated heterocycles. The molecule has 0 amide bonds. The summed E-state index contributed by atoms with van der Waals surface area (Å²) in [5.74, 6) is -0.141. The molecule has 0 bridgehead atoms. The lowest BCUT2D eigenvalue weighted by Gasteiger charge is -2.00. The number of nitrogens with zero attached hydrogens (tertiary/aromatic N) is 1. The fraction of sp³-hybridized carbons (Fsp3) is 0. The van der Waals surface area contributed by atoms with Gasteiger partial charge in [0.1, 0.15) is 16.6 Å². The SMILES string of the molecule is Oc1cccc(Sc2ccc(F)cn2)c1. The smallest absolute Gasteiger partial charge is 0.141 e. The predicted octanol–water partition coefficient (Wildman–Crippen LogP) is 3.08. The molecule has 15 heavy (non-hydrogen) atoms. The Labute approximate surface area is 90.8 Å². The summed E-state index contributed by atoms with van der Waals surface area (Å²) in [7, 11) is 0. The van der Waals surface area contributed by atoms with Crippen LogP contribution in [-0.2, 0) is 0 Å². The summed E-state index contributed by atoms with van der Waals surface area (Å²) >= 11 is 1.37. The molecule has 0 radical (unpaired) electrons. The second-order valence-electron chi connectivity index (χ2n) is 2.91. The molecule has 0 aliphatic heterocycles. The van der Waals surface area contributed by atoms with Gasteiger partial charge in [-0.2, -0.15) is 0 Å². The van der Waals surface area contributed by atoms with E-state index in [9.17, 15) is 9.50 Å². The maximum Gasteiger partial charge on any atom is 0.141 e. The predicted molar refractivity (Wildman–Crippen MR) is 56.4 cm³/mol. The Kier molecular flexibility index (Phi) is 2.87. The number of pyridine rings is 1. The van der Waals surface area contributed by atoms with Crippen LogP contribution in [0.3, 0.4) is 0 Å². The summed E-state index contributed by atoms with van der Waals surface area (Å²) < 4.78 is 12.6. The Balaban J connectivity index is 2.18. The zero-order chi connectivity index (χ0) is 10.7. The van der Waals surface area contributed by atoms with Crippen LogP contribution in [0.5, 0.6) is 5.75 Å². The lowest BCUT2D eigenvalue weighted by molar-refractivity contribution is 0.474. The fourth-order valence-corrected chi connectivity index (χ4v) is 1.90. The van der Waals surface area contributed by atoms with E-state index >= 15 is 0 Å². The first-order valence-electron chi connectivity index (χ1n) is 4.32. The third-order valence-corrected chi connectivity index (χ3v) is 2.68. The van der Waals surface area contributed by atoms with Gasteiger partial charge < -0.3 is 5.11 Å². The van der Waals surface area contributed by atoms with Gasteiger partial charge in [-0.05, 0) is 30.3 Å². The van der Waals surface area contributed by atoms with Crippen molar-refractivity contribution >= 4 is 11.8 Å². The minimum absolute atomic E-state index is 0.210. The normalized spacial score (nSPS) is 10.2. The topological polar surface area (TPSA) is 33.1 Å². The molecule has 0 spiro atoms. The van der Waals surface area contributed by atoms with Gasteiger partial charge in [0.15, 0.2) is 0 Å². The second-order valence-corrected chi connectivity index (χ2v) is 4.01. The van der Waals surface area contributed by atoms with Gasteiger partial charge >= 0.3 is 0 Å². The number of halogens is 1. The first-order chi connectivity index (χ1) is 7.24. The van der Waals surface area contributed by atoms with E-state index in [1.54, 1.807) is 24.3 Å². The minimum atomic E-state index is -0.352. The maximum atomic E-state index is 12.6. The molecule has 1 N–H and O–H groups in total. The van der Waals surface area contributed by atoms with Gasteiger partial charge in [0.25, 0.3) is 0 Å². The quantitative estimate of drug-likeness (QED) is 0.846. The third kappa shape index (κ3) is 2.70. The van der Waals surface area contributed by atoms with Crippen molar-refractivity contribution in [3.05, 3.63) is 48.4 Å². The van der Waals surface area contributed by atoms with Gasteiger partial charge in [-0.1, -0.05) is 17.8 Å². The highest BCUT2D eigenvalue weighted by Gasteiger charge is 1.99. The van der Waals surface area contributed by atoms with Gasteiger partial charge in [-0.15, -0.1) is 0 Å². The Hall–Kier alpha value is -1.55. The minimum Gasteiger partial charge on any atom is -0.508 e. The standard InChI is InChI=1S/C11H8FNOS/c12-8-4-5-11(13-7-8)15-10-3-1-2-9(14)6-10/h1-7,14H. The van der Waals surface area contributed by atoms with Crippen molar-refractivity contribution in [2.24, 2.45) is 0 Å². The van der Waals surface area contributed by atoms with E-state index in [4.69, 9.17) is 0 Å². The zero-order valence-electron chi connectivity index (χ0n) is 7.72. The Morgan fingerprint density at radius 1 is 1.20 bits per heavy atom. The number of hydrogen-bond acceptors (Lipinski definition) is 3. The molecule has 76 valence electrons. The van der Waals surface area contributed by atoms with Crippen molar-refractivity contribution in [3.8, 4) is 5.75 Å². The van der Waals surface area contributed by atoms with Gasteiger partial charge in [0, 0.05) is 4.90 Å². The maximum absolute atomic E-state index is 12.6. The van der Waals surface area contributed by atoms with E-state index in [-0.39, 0.29) is 11.6 Å². The molecule has 0 aliphatic rings. The first kappa shape index (κ1) is 9.98. The van der Waals surface area contributed by atoms with Gasteiger partial charge in [-0.25, -0.2) is 9.37 Å². The van der Waals surface area contributed by atoms with Crippen LogP contribution in [0.25, 0.3) is 0 Å². The van der Waals surface area contributed by atoms with Crippen LogP contribution in [0.15, 0.2) is 52.5 Å². The highest BCUT2D eigenvalue weighted by Crippen LogP contribution is 2.27. The average molecular weight is 221 g/mol.